The van der Waals surface area contributed by atoms with Crippen LogP contribution in [0.2, 0.25) is 0 Å². The highest BCUT2D eigenvalue weighted by Gasteiger charge is 2.23. The minimum absolute atomic E-state index is 0.305. The number of rotatable bonds is 7. The van der Waals surface area contributed by atoms with Crippen LogP contribution in [0.3, 0.4) is 0 Å². The third kappa shape index (κ3) is 4.41. The first kappa shape index (κ1) is 15.2. The van der Waals surface area contributed by atoms with E-state index in [2.05, 4.69) is 12.2 Å². The van der Waals surface area contributed by atoms with Gasteiger partial charge in [-0.05, 0) is 57.7 Å². The molecule has 1 aromatic rings. The number of ether oxygens (including phenoxy) is 2. The molecule has 1 aromatic carbocycles. The predicted octanol–water partition coefficient (Wildman–Crippen LogP) is 3.77. The average molecular weight is 277 g/mol. The Bertz CT molecular complexity index is 394. The van der Waals surface area contributed by atoms with Crippen molar-refractivity contribution >= 4 is 0 Å². The van der Waals surface area contributed by atoms with E-state index in [1.54, 1.807) is 0 Å². The zero-order valence-corrected chi connectivity index (χ0v) is 12.7. The van der Waals surface area contributed by atoms with Gasteiger partial charge in [-0.25, -0.2) is 0 Å². The van der Waals surface area contributed by atoms with E-state index in [0.29, 0.717) is 18.8 Å². The van der Waals surface area contributed by atoms with Crippen molar-refractivity contribution in [2.24, 2.45) is 0 Å². The van der Waals surface area contributed by atoms with Crippen LogP contribution in [-0.2, 0) is 0 Å². The second-order valence-corrected chi connectivity index (χ2v) is 5.44. The van der Waals surface area contributed by atoms with Crippen molar-refractivity contribution in [2.75, 3.05) is 13.2 Å². The quantitative estimate of drug-likeness (QED) is 0.823. The minimum atomic E-state index is 0.305. The van der Waals surface area contributed by atoms with Crippen LogP contribution < -0.4 is 14.8 Å². The highest BCUT2D eigenvalue weighted by molar-refractivity contribution is 5.39. The third-order valence-corrected chi connectivity index (χ3v) is 3.75. The zero-order chi connectivity index (χ0) is 14.2. The molecule has 0 amide bonds. The van der Waals surface area contributed by atoms with Crippen LogP contribution in [0.4, 0.5) is 0 Å². The summed E-state index contributed by atoms with van der Waals surface area (Å²) >= 11 is 0. The van der Waals surface area contributed by atoms with Gasteiger partial charge in [0.15, 0.2) is 11.5 Å². The van der Waals surface area contributed by atoms with E-state index in [0.717, 1.165) is 30.9 Å². The summed E-state index contributed by atoms with van der Waals surface area (Å²) in [7, 11) is 0. The summed E-state index contributed by atoms with van der Waals surface area (Å²) in [5.41, 5.74) is 0. The van der Waals surface area contributed by atoms with Crippen LogP contribution in [-0.4, -0.2) is 25.3 Å². The lowest BCUT2D eigenvalue weighted by Gasteiger charge is -2.30. The first-order chi connectivity index (χ1) is 9.83. The van der Waals surface area contributed by atoms with Gasteiger partial charge in [-0.1, -0.05) is 19.1 Å². The Morgan fingerprint density at radius 1 is 1.15 bits per heavy atom. The number of nitrogens with one attached hydrogen (secondary N) is 1. The Hall–Kier alpha value is -1.22. The van der Waals surface area contributed by atoms with Gasteiger partial charge in [0.05, 0.1) is 6.61 Å². The molecule has 1 N–H and O–H groups in total. The van der Waals surface area contributed by atoms with Crippen molar-refractivity contribution in [1.29, 1.82) is 0 Å². The molecule has 2 unspecified atom stereocenters. The van der Waals surface area contributed by atoms with E-state index in [1.807, 2.05) is 31.2 Å². The molecule has 0 saturated heterocycles. The van der Waals surface area contributed by atoms with Gasteiger partial charge in [0.2, 0.25) is 0 Å². The average Bonchev–Trinajstić information content (AvgIpc) is 2.48. The second-order valence-electron chi connectivity index (χ2n) is 5.44. The molecule has 0 bridgehead atoms. The van der Waals surface area contributed by atoms with Crippen LogP contribution in [0.5, 0.6) is 11.5 Å². The van der Waals surface area contributed by atoms with E-state index in [1.165, 1.54) is 19.3 Å². The number of para-hydroxylation sites is 2. The Kier molecular flexibility index (Phi) is 6.19. The van der Waals surface area contributed by atoms with Gasteiger partial charge in [0.1, 0.15) is 6.10 Å². The maximum Gasteiger partial charge on any atom is 0.161 e. The summed E-state index contributed by atoms with van der Waals surface area (Å²) in [5.74, 6) is 1.74. The predicted molar refractivity (Wildman–Crippen MR) is 82.6 cm³/mol. The molecule has 3 nitrogen and oxygen atoms in total. The number of benzene rings is 1. The van der Waals surface area contributed by atoms with Gasteiger partial charge in [-0.3, -0.25) is 0 Å². The van der Waals surface area contributed by atoms with Crippen LogP contribution in [0.25, 0.3) is 0 Å². The first-order valence-electron chi connectivity index (χ1n) is 7.95. The van der Waals surface area contributed by atoms with E-state index < -0.39 is 0 Å². The highest BCUT2D eigenvalue weighted by Crippen LogP contribution is 2.30. The van der Waals surface area contributed by atoms with Crippen LogP contribution in [0.15, 0.2) is 24.3 Å². The Balaban J connectivity index is 1.92. The normalized spacial score (nSPS) is 22.5. The van der Waals surface area contributed by atoms with Crippen LogP contribution in [0, 0.1) is 0 Å². The van der Waals surface area contributed by atoms with Crippen molar-refractivity contribution in [2.45, 2.75) is 58.1 Å². The fraction of sp³-hybridized carbons (Fsp3) is 0.647. The molecule has 0 aromatic heterocycles. The van der Waals surface area contributed by atoms with Gasteiger partial charge in [0, 0.05) is 6.04 Å². The topological polar surface area (TPSA) is 30.5 Å². The van der Waals surface area contributed by atoms with Gasteiger partial charge in [-0.2, -0.15) is 0 Å². The number of hydrogen-bond donors (Lipinski definition) is 1. The van der Waals surface area contributed by atoms with Gasteiger partial charge < -0.3 is 14.8 Å². The lowest BCUT2D eigenvalue weighted by atomic mass is 9.92. The monoisotopic (exact) mass is 277 g/mol. The molecule has 2 atom stereocenters. The summed E-state index contributed by atoms with van der Waals surface area (Å²) in [6.45, 7) is 5.99. The second kappa shape index (κ2) is 8.15. The maximum absolute atomic E-state index is 6.18. The lowest BCUT2D eigenvalue weighted by molar-refractivity contribution is 0.129. The SMILES string of the molecule is CCCNC1CCCC(Oc2ccccc2OCC)C1. The summed E-state index contributed by atoms with van der Waals surface area (Å²) < 4.78 is 11.8. The molecule has 0 aliphatic heterocycles. The van der Waals surface area contributed by atoms with E-state index in [9.17, 15) is 0 Å². The van der Waals surface area contributed by atoms with Gasteiger partial charge in [-0.15, -0.1) is 0 Å². The molecular formula is C17H27NO2. The van der Waals surface area contributed by atoms with Crippen molar-refractivity contribution in [3.63, 3.8) is 0 Å². The van der Waals surface area contributed by atoms with Crippen LogP contribution >= 0.6 is 0 Å². The largest absolute Gasteiger partial charge is 0.490 e. The summed E-state index contributed by atoms with van der Waals surface area (Å²) in [6.07, 6.45) is 6.25. The van der Waals surface area contributed by atoms with Crippen molar-refractivity contribution in [1.82, 2.24) is 5.32 Å². The fourth-order valence-electron chi connectivity index (χ4n) is 2.79. The molecule has 3 heteroatoms. The number of hydrogen-bond acceptors (Lipinski definition) is 3. The van der Waals surface area contributed by atoms with Crippen molar-refractivity contribution in [3.05, 3.63) is 24.3 Å². The minimum Gasteiger partial charge on any atom is -0.490 e. The standard InChI is InChI=1S/C17H27NO2/c1-3-12-18-14-8-7-9-15(13-14)20-17-11-6-5-10-16(17)19-4-2/h5-6,10-11,14-15,18H,3-4,7-9,12-13H2,1-2H3. The summed E-state index contributed by atoms with van der Waals surface area (Å²) in [6, 6.07) is 8.59. The summed E-state index contributed by atoms with van der Waals surface area (Å²) in [5, 5.41) is 3.62. The molecule has 1 saturated carbocycles. The Morgan fingerprint density at radius 2 is 1.95 bits per heavy atom. The zero-order valence-electron chi connectivity index (χ0n) is 12.7. The molecule has 1 aliphatic rings. The first-order valence-corrected chi connectivity index (χ1v) is 7.95. The summed E-state index contributed by atoms with van der Waals surface area (Å²) in [4.78, 5) is 0. The van der Waals surface area contributed by atoms with E-state index >= 15 is 0 Å². The molecule has 0 heterocycles. The molecule has 1 fully saturated rings. The third-order valence-electron chi connectivity index (χ3n) is 3.75. The van der Waals surface area contributed by atoms with Crippen molar-refractivity contribution < 1.29 is 9.47 Å². The molecule has 2 rings (SSSR count). The fourth-order valence-corrected chi connectivity index (χ4v) is 2.79. The van der Waals surface area contributed by atoms with Crippen LogP contribution in [0.1, 0.15) is 46.0 Å². The maximum atomic E-state index is 6.18. The molecule has 112 valence electrons. The van der Waals surface area contributed by atoms with Gasteiger partial charge >= 0.3 is 0 Å². The molecule has 0 spiro atoms. The van der Waals surface area contributed by atoms with E-state index in [4.69, 9.17) is 9.47 Å². The van der Waals surface area contributed by atoms with Gasteiger partial charge in [0.25, 0.3) is 0 Å². The Labute approximate surface area is 122 Å². The van der Waals surface area contributed by atoms with Crippen molar-refractivity contribution in [3.8, 4) is 11.5 Å². The highest BCUT2D eigenvalue weighted by atomic mass is 16.5. The molecule has 1 aliphatic carbocycles. The molecular weight excluding hydrogens is 250 g/mol. The lowest BCUT2D eigenvalue weighted by Crippen LogP contribution is -2.38. The van der Waals surface area contributed by atoms with E-state index in [-0.39, 0.29) is 0 Å². The molecule has 20 heavy (non-hydrogen) atoms. The molecule has 0 radical (unpaired) electrons. The smallest absolute Gasteiger partial charge is 0.161 e. The Morgan fingerprint density at radius 3 is 2.70 bits per heavy atom.